The van der Waals surface area contributed by atoms with E-state index in [1.165, 1.54) is 31.4 Å². The van der Waals surface area contributed by atoms with Crippen LogP contribution in [-0.2, 0) is 9.47 Å². The molecule has 0 N–H and O–H groups in total. The van der Waals surface area contributed by atoms with Gasteiger partial charge >= 0.3 is 11.9 Å². The molecule has 0 saturated carbocycles. The highest BCUT2D eigenvalue weighted by Gasteiger charge is 2.09. The zero-order chi connectivity index (χ0) is 12.8. The number of carbonyl (C=O) groups excluding carboxylic acids is 2. The fraction of sp³-hybridized carbons (Fsp3) is 0.231. The van der Waals surface area contributed by atoms with E-state index < -0.39 is 11.9 Å². The maximum absolute atomic E-state index is 11.5. The van der Waals surface area contributed by atoms with Gasteiger partial charge in [0.1, 0.15) is 6.61 Å². The highest BCUT2D eigenvalue weighted by molar-refractivity contribution is 5.93. The minimum Gasteiger partial charge on any atom is -0.465 e. The third-order valence-corrected chi connectivity index (χ3v) is 1.99. The van der Waals surface area contributed by atoms with Crippen molar-refractivity contribution in [3.63, 3.8) is 0 Å². The molecule has 0 radical (unpaired) electrons. The number of benzene rings is 1. The van der Waals surface area contributed by atoms with Gasteiger partial charge in [-0.05, 0) is 36.8 Å². The van der Waals surface area contributed by atoms with E-state index in [-0.39, 0.29) is 6.61 Å². The molecule has 0 fully saturated rings. The Balaban J connectivity index is 2.70. The minimum atomic E-state index is -0.440. The van der Waals surface area contributed by atoms with Crippen molar-refractivity contribution in [3.8, 4) is 0 Å². The number of ether oxygens (including phenoxy) is 2. The second-order valence-corrected chi connectivity index (χ2v) is 3.60. The second-order valence-electron chi connectivity index (χ2n) is 3.60. The van der Waals surface area contributed by atoms with E-state index in [0.717, 1.165) is 5.57 Å². The molecular weight excluding hydrogens is 220 g/mol. The lowest BCUT2D eigenvalue weighted by Crippen LogP contribution is -2.07. The summed E-state index contributed by atoms with van der Waals surface area (Å²) in [5.41, 5.74) is 1.55. The number of esters is 2. The monoisotopic (exact) mass is 234 g/mol. The highest BCUT2D eigenvalue weighted by Crippen LogP contribution is 2.07. The predicted molar refractivity (Wildman–Crippen MR) is 62.9 cm³/mol. The Bertz CT molecular complexity index is 431. The normalized spacial score (nSPS) is 9.53. The molecule has 0 aromatic heterocycles. The van der Waals surface area contributed by atoms with Crippen LogP contribution < -0.4 is 0 Å². The summed E-state index contributed by atoms with van der Waals surface area (Å²) in [4.78, 5) is 22.7. The first-order valence-electron chi connectivity index (χ1n) is 5.04. The van der Waals surface area contributed by atoms with Crippen LogP contribution in [0.4, 0.5) is 0 Å². The summed E-state index contributed by atoms with van der Waals surface area (Å²) in [6, 6.07) is 6.08. The van der Waals surface area contributed by atoms with Crippen molar-refractivity contribution in [2.45, 2.75) is 6.92 Å². The Morgan fingerprint density at radius 1 is 1.12 bits per heavy atom. The van der Waals surface area contributed by atoms with Gasteiger partial charge < -0.3 is 9.47 Å². The van der Waals surface area contributed by atoms with Crippen molar-refractivity contribution in [1.82, 2.24) is 0 Å². The van der Waals surface area contributed by atoms with Crippen molar-refractivity contribution in [2.75, 3.05) is 13.7 Å². The van der Waals surface area contributed by atoms with Gasteiger partial charge in [-0.25, -0.2) is 9.59 Å². The number of carbonyl (C=O) groups is 2. The van der Waals surface area contributed by atoms with E-state index in [1.807, 2.05) is 0 Å². The average Bonchev–Trinajstić information content (AvgIpc) is 2.35. The van der Waals surface area contributed by atoms with Crippen LogP contribution in [0.1, 0.15) is 27.6 Å². The molecular formula is C13H14O4. The third-order valence-electron chi connectivity index (χ3n) is 1.99. The summed E-state index contributed by atoms with van der Waals surface area (Å²) in [6.45, 7) is 5.59. The van der Waals surface area contributed by atoms with E-state index >= 15 is 0 Å². The molecule has 0 saturated heterocycles. The lowest BCUT2D eigenvalue weighted by molar-refractivity contribution is 0.0537. The van der Waals surface area contributed by atoms with Gasteiger partial charge in [-0.15, -0.1) is 0 Å². The first-order chi connectivity index (χ1) is 8.04. The fourth-order valence-corrected chi connectivity index (χ4v) is 1.13. The third kappa shape index (κ3) is 3.75. The van der Waals surface area contributed by atoms with Crippen molar-refractivity contribution in [2.24, 2.45) is 0 Å². The Kier molecular flexibility index (Phi) is 4.46. The first-order valence-corrected chi connectivity index (χ1v) is 5.04. The van der Waals surface area contributed by atoms with Crippen molar-refractivity contribution in [3.05, 3.63) is 47.5 Å². The molecule has 0 aliphatic rings. The Hall–Kier alpha value is -2.10. The molecule has 17 heavy (non-hydrogen) atoms. The standard InChI is InChI=1S/C13H14O4/c1-9(2)8-17-13(15)11-6-4-10(5-7-11)12(14)16-3/h4-7H,1,8H2,2-3H3. The zero-order valence-corrected chi connectivity index (χ0v) is 9.86. The van der Waals surface area contributed by atoms with Crippen LogP contribution in [0, 0.1) is 0 Å². The lowest BCUT2D eigenvalue weighted by atomic mass is 10.1. The molecule has 0 unspecified atom stereocenters. The van der Waals surface area contributed by atoms with Gasteiger partial charge in [0.15, 0.2) is 0 Å². The summed E-state index contributed by atoms with van der Waals surface area (Å²) >= 11 is 0. The lowest BCUT2D eigenvalue weighted by Gasteiger charge is -2.04. The van der Waals surface area contributed by atoms with Crippen molar-refractivity contribution < 1.29 is 19.1 Å². The quantitative estimate of drug-likeness (QED) is 0.592. The molecule has 0 atom stereocenters. The Morgan fingerprint density at radius 3 is 2.00 bits per heavy atom. The van der Waals surface area contributed by atoms with Crippen molar-refractivity contribution in [1.29, 1.82) is 0 Å². The van der Waals surface area contributed by atoms with Crippen LogP contribution in [0.25, 0.3) is 0 Å². The van der Waals surface area contributed by atoms with Gasteiger partial charge in [-0.2, -0.15) is 0 Å². The summed E-state index contributed by atoms with van der Waals surface area (Å²) in [5, 5.41) is 0. The maximum Gasteiger partial charge on any atom is 0.338 e. The molecule has 4 nitrogen and oxygen atoms in total. The van der Waals surface area contributed by atoms with Crippen LogP contribution in [0.15, 0.2) is 36.4 Å². The molecule has 0 heterocycles. The first kappa shape index (κ1) is 13.0. The molecule has 4 heteroatoms. The van der Waals surface area contributed by atoms with Crippen LogP contribution in [0.3, 0.4) is 0 Å². The molecule has 1 rings (SSSR count). The van der Waals surface area contributed by atoms with Gasteiger partial charge in [0.25, 0.3) is 0 Å². The van der Waals surface area contributed by atoms with Crippen LogP contribution >= 0.6 is 0 Å². The van der Waals surface area contributed by atoms with Gasteiger partial charge in [-0.3, -0.25) is 0 Å². The van der Waals surface area contributed by atoms with Gasteiger partial charge in [0, 0.05) is 0 Å². The highest BCUT2D eigenvalue weighted by atomic mass is 16.5. The number of hydrogen-bond donors (Lipinski definition) is 0. The van der Waals surface area contributed by atoms with Crippen LogP contribution in [0.5, 0.6) is 0 Å². The Labute approximate surface area is 99.8 Å². The average molecular weight is 234 g/mol. The SMILES string of the molecule is C=C(C)COC(=O)c1ccc(C(=O)OC)cc1. The number of methoxy groups -OCH3 is 1. The van der Waals surface area contributed by atoms with Gasteiger partial charge in [0.05, 0.1) is 18.2 Å². The largest absolute Gasteiger partial charge is 0.465 e. The molecule has 1 aromatic carbocycles. The van der Waals surface area contributed by atoms with Gasteiger partial charge in [0.2, 0.25) is 0 Å². The molecule has 0 amide bonds. The maximum atomic E-state index is 11.5. The molecule has 0 bridgehead atoms. The van der Waals surface area contributed by atoms with E-state index in [9.17, 15) is 9.59 Å². The fourth-order valence-electron chi connectivity index (χ4n) is 1.13. The van der Waals surface area contributed by atoms with E-state index in [4.69, 9.17) is 4.74 Å². The molecule has 0 aliphatic carbocycles. The summed E-state index contributed by atoms with van der Waals surface area (Å²) in [5.74, 6) is -0.878. The number of hydrogen-bond acceptors (Lipinski definition) is 4. The number of rotatable bonds is 4. The predicted octanol–water partition coefficient (Wildman–Crippen LogP) is 2.21. The molecule has 0 spiro atoms. The van der Waals surface area contributed by atoms with Gasteiger partial charge in [-0.1, -0.05) is 6.58 Å². The second kappa shape index (κ2) is 5.84. The smallest absolute Gasteiger partial charge is 0.338 e. The molecule has 0 aliphatic heterocycles. The van der Waals surface area contributed by atoms with E-state index in [2.05, 4.69) is 11.3 Å². The molecule has 1 aromatic rings. The molecule has 90 valence electrons. The Morgan fingerprint density at radius 2 is 1.59 bits per heavy atom. The summed E-state index contributed by atoms with van der Waals surface area (Å²) < 4.78 is 9.51. The van der Waals surface area contributed by atoms with Crippen LogP contribution in [0.2, 0.25) is 0 Å². The zero-order valence-electron chi connectivity index (χ0n) is 9.86. The van der Waals surface area contributed by atoms with Crippen LogP contribution in [-0.4, -0.2) is 25.7 Å². The minimum absolute atomic E-state index is 0.192. The van der Waals surface area contributed by atoms with E-state index in [0.29, 0.717) is 11.1 Å². The topological polar surface area (TPSA) is 52.6 Å². The van der Waals surface area contributed by atoms with E-state index in [1.54, 1.807) is 6.92 Å². The summed E-state index contributed by atoms with van der Waals surface area (Å²) in [7, 11) is 1.30. The van der Waals surface area contributed by atoms with Crippen molar-refractivity contribution >= 4 is 11.9 Å². The summed E-state index contributed by atoms with van der Waals surface area (Å²) in [6.07, 6.45) is 0.